The first-order valence-corrected chi connectivity index (χ1v) is 9.70. The van der Waals surface area contributed by atoms with Gasteiger partial charge in [0, 0.05) is 24.2 Å². The fourth-order valence-electron chi connectivity index (χ4n) is 4.43. The third-order valence-corrected chi connectivity index (χ3v) is 5.70. The summed E-state index contributed by atoms with van der Waals surface area (Å²) in [6.45, 7) is 1.57. The number of aromatic nitrogens is 3. The van der Waals surface area contributed by atoms with Gasteiger partial charge in [-0.3, -0.25) is 0 Å². The van der Waals surface area contributed by atoms with Crippen LogP contribution in [0.2, 0.25) is 0 Å². The van der Waals surface area contributed by atoms with Crippen molar-refractivity contribution in [2.24, 2.45) is 0 Å². The summed E-state index contributed by atoms with van der Waals surface area (Å²) in [5.74, 6) is 2.14. The third kappa shape index (κ3) is 2.71. The highest BCUT2D eigenvalue weighted by Gasteiger charge is 2.32. The van der Waals surface area contributed by atoms with E-state index in [1.54, 1.807) is 0 Å². The van der Waals surface area contributed by atoms with Crippen molar-refractivity contribution in [1.82, 2.24) is 14.6 Å². The first-order valence-electron chi connectivity index (χ1n) is 9.70. The van der Waals surface area contributed by atoms with Crippen LogP contribution in [0.1, 0.15) is 43.4 Å². The second-order valence-electron chi connectivity index (χ2n) is 7.30. The van der Waals surface area contributed by atoms with Crippen LogP contribution in [0.4, 0.5) is 5.82 Å². The van der Waals surface area contributed by atoms with Crippen LogP contribution in [0.25, 0.3) is 5.65 Å². The van der Waals surface area contributed by atoms with Gasteiger partial charge in [-0.25, -0.2) is 4.98 Å². The van der Waals surface area contributed by atoms with E-state index < -0.39 is 0 Å². The Morgan fingerprint density at radius 1 is 1.04 bits per heavy atom. The van der Waals surface area contributed by atoms with Gasteiger partial charge >= 0.3 is 0 Å². The normalized spacial score (nSPS) is 17.6. The summed E-state index contributed by atoms with van der Waals surface area (Å²) >= 11 is 0. The van der Waals surface area contributed by atoms with Crippen LogP contribution >= 0.6 is 0 Å². The molecule has 1 saturated carbocycles. The monoisotopic (exact) mass is 348 g/mol. The molecule has 1 fully saturated rings. The second kappa shape index (κ2) is 6.63. The number of hydrogen-bond acceptors (Lipinski definition) is 4. The Morgan fingerprint density at radius 3 is 2.73 bits per heavy atom. The molecule has 5 rings (SSSR count). The van der Waals surface area contributed by atoms with Gasteiger partial charge < -0.3 is 9.64 Å². The van der Waals surface area contributed by atoms with Crippen molar-refractivity contribution in [1.29, 1.82) is 0 Å². The molecular formula is C21H24N4O. The van der Waals surface area contributed by atoms with E-state index >= 15 is 0 Å². The topological polar surface area (TPSA) is 42.7 Å². The highest BCUT2D eigenvalue weighted by Crippen LogP contribution is 2.36. The van der Waals surface area contributed by atoms with Crippen molar-refractivity contribution in [3.05, 3.63) is 53.9 Å². The lowest BCUT2D eigenvalue weighted by molar-refractivity contribution is 0.300. The van der Waals surface area contributed by atoms with E-state index in [9.17, 15) is 0 Å². The van der Waals surface area contributed by atoms with E-state index in [4.69, 9.17) is 9.72 Å². The van der Waals surface area contributed by atoms with Gasteiger partial charge in [-0.2, -0.15) is 9.61 Å². The Labute approximate surface area is 153 Å². The molecule has 0 N–H and O–H groups in total. The predicted molar refractivity (Wildman–Crippen MR) is 102 cm³/mol. The smallest absolute Gasteiger partial charge is 0.157 e. The molecule has 1 aromatic carbocycles. The van der Waals surface area contributed by atoms with Crippen LogP contribution < -0.4 is 9.64 Å². The van der Waals surface area contributed by atoms with Crippen molar-refractivity contribution in [2.45, 2.75) is 51.2 Å². The summed E-state index contributed by atoms with van der Waals surface area (Å²) < 4.78 is 8.04. The van der Waals surface area contributed by atoms with Gasteiger partial charge in [0.25, 0.3) is 0 Å². The fourth-order valence-corrected chi connectivity index (χ4v) is 4.43. The zero-order chi connectivity index (χ0) is 17.3. The third-order valence-electron chi connectivity index (χ3n) is 5.70. The van der Waals surface area contributed by atoms with Crippen LogP contribution in [0.5, 0.6) is 5.75 Å². The number of nitrogens with zero attached hydrogens (tertiary/aromatic N) is 4. The van der Waals surface area contributed by atoms with Gasteiger partial charge in [-0.05, 0) is 31.4 Å². The van der Waals surface area contributed by atoms with Crippen molar-refractivity contribution >= 4 is 11.5 Å². The van der Waals surface area contributed by atoms with Gasteiger partial charge in [0.15, 0.2) is 5.65 Å². The molecule has 5 heteroatoms. The molecule has 0 spiro atoms. The predicted octanol–water partition coefficient (Wildman–Crippen LogP) is 4.00. The SMILES string of the molecule is c1ccc(OCc2nc3ccnn3c3c2CCN3C2CCCCC2)cc1. The molecule has 3 heterocycles. The van der Waals surface area contributed by atoms with Gasteiger partial charge in [-0.1, -0.05) is 37.5 Å². The molecule has 0 atom stereocenters. The van der Waals surface area contributed by atoms with Gasteiger partial charge in [0.1, 0.15) is 18.2 Å². The summed E-state index contributed by atoms with van der Waals surface area (Å²) in [5.41, 5.74) is 3.27. The Balaban J connectivity index is 1.50. The first-order chi connectivity index (χ1) is 12.9. The molecule has 1 aliphatic heterocycles. The Morgan fingerprint density at radius 2 is 1.88 bits per heavy atom. The molecule has 2 aromatic heterocycles. The van der Waals surface area contributed by atoms with Crippen LogP contribution in [0, 0.1) is 0 Å². The summed E-state index contributed by atoms with van der Waals surface area (Å²) in [6, 6.07) is 12.6. The van der Waals surface area contributed by atoms with Crippen molar-refractivity contribution < 1.29 is 4.74 Å². The lowest BCUT2D eigenvalue weighted by Gasteiger charge is -2.33. The summed E-state index contributed by atoms with van der Waals surface area (Å²) in [4.78, 5) is 7.44. The van der Waals surface area contributed by atoms with Gasteiger partial charge in [0.05, 0.1) is 11.9 Å². The molecule has 0 amide bonds. The molecule has 134 valence electrons. The van der Waals surface area contributed by atoms with Crippen molar-refractivity contribution in [3.63, 3.8) is 0 Å². The Hall–Kier alpha value is -2.56. The molecule has 0 unspecified atom stereocenters. The number of rotatable bonds is 4. The number of benzene rings is 1. The number of hydrogen-bond donors (Lipinski definition) is 0. The van der Waals surface area contributed by atoms with Crippen LogP contribution in [0.3, 0.4) is 0 Å². The van der Waals surface area contributed by atoms with Crippen LogP contribution in [0.15, 0.2) is 42.6 Å². The molecule has 0 saturated heterocycles. The Kier molecular flexibility index (Phi) is 4.00. The number of anilines is 1. The standard InChI is InChI=1S/C21H24N4O/c1-3-7-16(8-4-1)24-14-12-18-19(15-26-17-9-5-2-6-10-17)23-20-11-13-22-25(20)21(18)24/h2,5-6,9-11,13,16H,1,3-4,7-8,12,14-15H2. The van der Waals surface area contributed by atoms with Crippen LogP contribution in [-0.2, 0) is 13.0 Å². The number of ether oxygens (including phenoxy) is 1. The zero-order valence-corrected chi connectivity index (χ0v) is 15.0. The number of para-hydroxylation sites is 1. The number of fused-ring (bicyclic) bond motifs is 3. The van der Waals surface area contributed by atoms with Crippen molar-refractivity contribution in [3.8, 4) is 5.75 Å². The lowest BCUT2D eigenvalue weighted by atomic mass is 9.94. The van der Waals surface area contributed by atoms with Crippen LogP contribution in [-0.4, -0.2) is 27.2 Å². The quantitative estimate of drug-likeness (QED) is 0.715. The lowest BCUT2D eigenvalue weighted by Crippen LogP contribution is -2.36. The molecule has 3 aromatic rings. The summed E-state index contributed by atoms with van der Waals surface area (Å²) in [7, 11) is 0. The second-order valence-corrected chi connectivity index (χ2v) is 7.30. The first kappa shape index (κ1) is 15.7. The molecule has 2 aliphatic rings. The summed E-state index contributed by atoms with van der Waals surface area (Å²) in [6.07, 6.45) is 9.52. The maximum absolute atomic E-state index is 6.01. The van der Waals surface area contributed by atoms with E-state index in [2.05, 4.69) is 10.00 Å². The minimum absolute atomic E-state index is 0.506. The Bertz CT molecular complexity index is 899. The van der Waals surface area contributed by atoms with Gasteiger partial charge in [-0.15, -0.1) is 0 Å². The largest absolute Gasteiger partial charge is 0.487 e. The molecule has 5 nitrogen and oxygen atoms in total. The molecule has 0 radical (unpaired) electrons. The van der Waals surface area contributed by atoms with E-state index in [-0.39, 0.29) is 0 Å². The average molecular weight is 348 g/mol. The zero-order valence-electron chi connectivity index (χ0n) is 15.0. The molecule has 26 heavy (non-hydrogen) atoms. The highest BCUT2D eigenvalue weighted by molar-refractivity contribution is 5.61. The maximum Gasteiger partial charge on any atom is 0.157 e. The van der Waals surface area contributed by atoms with E-state index in [1.807, 2.05) is 47.1 Å². The molecular weight excluding hydrogens is 324 g/mol. The highest BCUT2D eigenvalue weighted by atomic mass is 16.5. The van der Waals surface area contributed by atoms with E-state index in [1.165, 1.54) is 43.5 Å². The maximum atomic E-state index is 6.01. The average Bonchev–Trinajstić information content (AvgIpc) is 3.34. The van der Waals surface area contributed by atoms with Gasteiger partial charge in [0.2, 0.25) is 0 Å². The fraction of sp³-hybridized carbons (Fsp3) is 0.429. The minimum atomic E-state index is 0.506. The van der Waals surface area contributed by atoms with Crippen molar-refractivity contribution in [2.75, 3.05) is 11.4 Å². The van der Waals surface area contributed by atoms with E-state index in [0.717, 1.165) is 30.1 Å². The van der Waals surface area contributed by atoms with E-state index in [0.29, 0.717) is 12.6 Å². The minimum Gasteiger partial charge on any atom is -0.487 e. The molecule has 0 bridgehead atoms. The molecule has 1 aliphatic carbocycles. The summed E-state index contributed by atoms with van der Waals surface area (Å²) in [5, 5.41) is 4.57.